The molecule has 0 aromatic carbocycles. The van der Waals surface area contributed by atoms with Gasteiger partial charge in [0.1, 0.15) is 10.4 Å². The summed E-state index contributed by atoms with van der Waals surface area (Å²) in [7, 11) is -3.42. The Labute approximate surface area is 184 Å². The number of ether oxygens (including phenoxy) is 1. The highest BCUT2D eigenvalue weighted by atomic mass is 35.5. The summed E-state index contributed by atoms with van der Waals surface area (Å²) < 4.78 is 32.2. The normalized spacial score (nSPS) is 22.8. The molecule has 30 heavy (non-hydrogen) atoms. The van der Waals surface area contributed by atoms with Gasteiger partial charge in [-0.25, -0.2) is 13.4 Å². The largest absolute Gasteiger partial charge is 0.381 e. The summed E-state index contributed by atoms with van der Waals surface area (Å²) in [5.41, 5.74) is 0. The van der Waals surface area contributed by atoms with Crippen LogP contribution in [0.1, 0.15) is 32.1 Å². The van der Waals surface area contributed by atoms with Gasteiger partial charge in [-0.2, -0.15) is 4.31 Å². The minimum atomic E-state index is -3.42. The zero-order valence-corrected chi connectivity index (χ0v) is 18.8. The van der Waals surface area contributed by atoms with Crippen molar-refractivity contribution in [2.75, 3.05) is 38.2 Å². The minimum absolute atomic E-state index is 0.199. The van der Waals surface area contributed by atoms with Gasteiger partial charge >= 0.3 is 0 Å². The Bertz CT molecular complexity index is 898. The number of nitrogens with zero attached hydrogens (tertiary/aromatic N) is 3. The molecule has 12 heteroatoms. The van der Waals surface area contributed by atoms with Gasteiger partial charge in [-0.05, 0) is 38.0 Å². The van der Waals surface area contributed by atoms with Crippen LogP contribution in [0, 0.1) is 5.92 Å². The monoisotopic (exact) mass is 476 g/mol. The van der Waals surface area contributed by atoms with E-state index in [9.17, 15) is 18.0 Å². The van der Waals surface area contributed by atoms with Gasteiger partial charge in [-0.15, -0.1) is 0 Å². The first-order chi connectivity index (χ1) is 14.3. The molecule has 2 amide bonds. The fraction of sp³-hybridized carbons (Fsp3) is 0.722. The van der Waals surface area contributed by atoms with Crippen LogP contribution in [0.4, 0.5) is 5.13 Å². The number of halogens is 1. The zero-order chi connectivity index (χ0) is 21.3. The van der Waals surface area contributed by atoms with Gasteiger partial charge in [0.15, 0.2) is 5.13 Å². The maximum Gasteiger partial charge on any atom is 0.248 e. The molecule has 0 spiro atoms. The Morgan fingerprint density at radius 3 is 2.63 bits per heavy atom. The fourth-order valence-electron chi connectivity index (χ4n) is 3.96. The molecule has 1 atom stereocenters. The van der Waals surface area contributed by atoms with Crippen LogP contribution in [0.15, 0.2) is 6.20 Å². The van der Waals surface area contributed by atoms with Crippen molar-refractivity contribution in [3.05, 3.63) is 10.5 Å². The van der Waals surface area contributed by atoms with Gasteiger partial charge in [-0.1, -0.05) is 22.9 Å². The van der Waals surface area contributed by atoms with Crippen LogP contribution in [0.2, 0.25) is 4.34 Å². The third-order valence-electron chi connectivity index (χ3n) is 5.81. The van der Waals surface area contributed by atoms with Gasteiger partial charge in [-0.3, -0.25) is 9.59 Å². The summed E-state index contributed by atoms with van der Waals surface area (Å²) in [5, 5.41) is 2.79. The second-order valence-corrected chi connectivity index (χ2v) is 11.8. The molecule has 4 rings (SSSR count). The number of carbonyl (C=O) groups excluding carboxylic acids is 2. The van der Waals surface area contributed by atoms with Crippen LogP contribution in [0.3, 0.4) is 0 Å². The zero-order valence-electron chi connectivity index (χ0n) is 16.5. The Balaban J connectivity index is 1.48. The van der Waals surface area contributed by atoms with Crippen molar-refractivity contribution in [2.24, 2.45) is 5.92 Å². The maximum absolute atomic E-state index is 13.1. The van der Waals surface area contributed by atoms with Gasteiger partial charge in [0.25, 0.3) is 0 Å². The predicted molar refractivity (Wildman–Crippen MR) is 113 cm³/mol. The minimum Gasteiger partial charge on any atom is -0.381 e. The first kappa shape index (κ1) is 21.9. The van der Waals surface area contributed by atoms with Crippen molar-refractivity contribution >= 4 is 49.9 Å². The molecule has 1 aromatic rings. The first-order valence-corrected chi connectivity index (χ1v) is 12.8. The number of piperazine rings is 1. The van der Waals surface area contributed by atoms with Gasteiger partial charge in [0.05, 0.1) is 18.0 Å². The molecule has 3 heterocycles. The number of carbonyl (C=O) groups is 2. The topological polar surface area (TPSA) is 109 Å². The fourth-order valence-corrected chi connectivity index (χ4v) is 6.56. The van der Waals surface area contributed by atoms with E-state index in [1.165, 1.54) is 15.4 Å². The SMILES string of the molecule is O=C(Nc1ncc(Cl)s1)[C@@H](CC1CCOCC1)N1CCN(S(=O)(=O)C2CC2)CC1=O. The van der Waals surface area contributed by atoms with Crippen molar-refractivity contribution in [3.63, 3.8) is 0 Å². The van der Waals surface area contributed by atoms with Crippen molar-refractivity contribution in [3.8, 4) is 0 Å². The van der Waals surface area contributed by atoms with Crippen molar-refractivity contribution in [2.45, 2.75) is 43.4 Å². The summed E-state index contributed by atoms with van der Waals surface area (Å²) in [6, 6.07) is -0.686. The average molecular weight is 477 g/mol. The molecule has 0 radical (unpaired) electrons. The highest BCUT2D eigenvalue weighted by Crippen LogP contribution is 2.32. The lowest BCUT2D eigenvalue weighted by molar-refractivity contribution is -0.142. The quantitative estimate of drug-likeness (QED) is 0.639. The average Bonchev–Trinajstić information content (AvgIpc) is 3.51. The van der Waals surface area contributed by atoms with E-state index in [-0.39, 0.29) is 42.6 Å². The van der Waals surface area contributed by atoms with E-state index in [0.29, 0.717) is 41.9 Å². The van der Waals surface area contributed by atoms with E-state index < -0.39 is 16.1 Å². The molecule has 9 nitrogen and oxygen atoms in total. The van der Waals surface area contributed by atoms with Crippen LogP contribution in [0.25, 0.3) is 0 Å². The Morgan fingerprint density at radius 1 is 1.30 bits per heavy atom. The molecule has 1 saturated carbocycles. The van der Waals surface area contributed by atoms with Crippen molar-refractivity contribution in [1.29, 1.82) is 0 Å². The van der Waals surface area contributed by atoms with Gasteiger partial charge < -0.3 is 15.0 Å². The Morgan fingerprint density at radius 2 is 2.03 bits per heavy atom. The summed E-state index contributed by atoms with van der Waals surface area (Å²) in [4.78, 5) is 31.6. The predicted octanol–water partition coefficient (Wildman–Crippen LogP) is 1.56. The molecule has 0 unspecified atom stereocenters. The standard InChI is InChI=1S/C18H25ClN4O5S2/c19-15-10-20-18(29-15)21-17(25)14(9-12-3-7-28-8-4-12)23-6-5-22(11-16(23)24)30(26,27)13-1-2-13/h10,12-14H,1-9,11H2,(H,20,21,25)/t14-/m1/s1. The van der Waals surface area contributed by atoms with Crippen LogP contribution in [0.5, 0.6) is 0 Å². The molecule has 1 N–H and O–H groups in total. The summed E-state index contributed by atoms with van der Waals surface area (Å²) in [6.07, 6.45) is 4.94. The number of aromatic nitrogens is 1. The molecular weight excluding hydrogens is 452 g/mol. The lowest BCUT2D eigenvalue weighted by atomic mass is 9.91. The smallest absolute Gasteiger partial charge is 0.248 e. The molecule has 2 aliphatic heterocycles. The highest BCUT2D eigenvalue weighted by Gasteiger charge is 2.44. The lowest BCUT2D eigenvalue weighted by Gasteiger charge is -2.39. The molecule has 3 fully saturated rings. The van der Waals surface area contributed by atoms with Gasteiger partial charge in [0.2, 0.25) is 21.8 Å². The van der Waals surface area contributed by atoms with E-state index in [1.54, 1.807) is 0 Å². The van der Waals surface area contributed by atoms with Crippen LogP contribution < -0.4 is 5.32 Å². The van der Waals surface area contributed by atoms with Crippen molar-refractivity contribution in [1.82, 2.24) is 14.2 Å². The molecular formula is C18H25ClN4O5S2. The molecule has 0 bridgehead atoms. The van der Waals surface area contributed by atoms with Crippen molar-refractivity contribution < 1.29 is 22.7 Å². The molecule has 2 saturated heterocycles. The van der Waals surface area contributed by atoms with E-state index in [2.05, 4.69) is 10.3 Å². The van der Waals surface area contributed by atoms with E-state index in [4.69, 9.17) is 16.3 Å². The highest BCUT2D eigenvalue weighted by molar-refractivity contribution is 7.90. The number of amides is 2. The number of anilines is 1. The Hall–Kier alpha value is -1.27. The summed E-state index contributed by atoms with van der Waals surface area (Å²) in [5.74, 6) is -0.398. The number of nitrogens with one attached hydrogen (secondary N) is 1. The van der Waals surface area contributed by atoms with E-state index in [0.717, 1.165) is 24.2 Å². The van der Waals surface area contributed by atoms with Crippen LogP contribution >= 0.6 is 22.9 Å². The first-order valence-electron chi connectivity index (χ1n) is 10.1. The number of hydrogen-bond donors (Lipinski definition) is 1. The summed E-state index contributed by atoms with van der Waals surface area (Å²) in [6.45, 7) is 1.49. The molecule has 1 aliphatic carbocycles. The molecule has 166 valence electrons. The second-order valence-electron chi connectivity index (χ2n) is 7.93. The molecule has 1 aromatic heterocycles. The number of rotatable bonds is 7. The summed E-state index contributed by atoms with van der Waals surface area (Å²) >= 11 is 7.06. The number of thiazole rings is 1. The van der Waals surface area contributed by atoms with E-state index >= 15 is 0 Å². The number of sulfonamides is 1. The van der Waals surface area contributed by atoms with Gasteiger partial charge in [0, 0.05) is 26.3 Å². The third-order valence-corrected chi connectivity index (χ3v) is 9.19. The number of hydrogen-bond acceptors (Lipinski definition) is 7. The second kappa shape index (κ2) is 9.07. The lowest BCUT2D eigenvalue weighted by Crippen LogP contribution is -2.58. The molecule has 3 aliphatic rings. The van der Waals surface area contributed by atoms with E-state index in [1.807, 2.05) is 0 Å². The van der Waals surface area contributed by atoms with Crippen LogP contribution in [-0.2, 0) is 24.3 Å². The van der Waals surface area contributed by atoms with Crippen LogP contribution in [-0.4, -0.2) is 78.6 Å². The third kappa shape index (κ3) is 4.96. The maximum atomic E-state index is 13.1. The Kier molecular flexibility index (Phi) is 6.64.